The van der Waals surface area contributed by atoms with Gasteiger partial charge >= 0.3 is 5.97 Å². The highest BCUT2D eigenvalue weighted by molar-refractivity contribution is 5.68. The number of nitrogens with one attached hydrogen (secondary N) is 1. The lowest BCUT2D eigenvalue weighted by atomic mass is 10.1. The van der Waals surface area contributed by atoms with Crippen LogP contribution in [-0.2, 0) is 9.59 Å². The quantitative estimate of drug-likeness (QED) is 0.200. The normalized spacial score (nSPS) is 11.2. The Labute approximate surface area is 148 Å². The van der Waals surface area contributed by atoms with Crippen LogP contribution in [-0.4, -0.2) is 30.5 Å². The van der Waals surface area contributed by atoms with Gasteiger partial charge in [-0.3, -0.25) is 4.79 Å². The number of carbonyl (C=O) groups excluding carboxylic acids is 1. The smallest absolute Gasteiger partial charge is 0.317 e. The van der Waals surface area contributed by atoms with Gasteiger partial charge in [0.05, 0.1) is 6.54 Å². The zero-order chi connectivity index (χ0) is 17.7. The van der Waals surface area contributed by atoms with Gasteiger partial charge in [0.15, 0.2) is 0 Å². The molecule has 0 fully saturated rings. The minimum atomic E-state index is -0.780. The van der Waals surface area contributed by atoms with Gasteiger partial charge in [-0.2, -0.15) is 0 Å². The molecule has 0 bridgehead atoms. The Hall–Kier alpha value is -1.16. The number of carboxylic acids is 1. The first-order chi connectivity index (χ1) is 11.8. The van der Waals surface area contributed by atoms with E-state index in [0.29, 0.717) is 0 Å². The van der Waals surface area contributed by atoms with Crippen LogP contribution in [0.25, 0.3) is 0 Å². The molecule has 0 aliphatic heterocycles. The van der Waals surface area contributed by atoms with Crippen molar-refractivity contribution >= 4 is 12.3 Å². The third-order valence-electron chi connectivity index (χ3n) is 4.11. The molecular weight excluding hydrogens is 302 g/mol. The summed E-state index contributed by atoms with van der Waals surface area (Å²) in [6.07, 6.45) is 22.2. The molecule has 0 aromatic rings. The average molecular weight is 340 g/mol. The van der Waals surface area contributed by atoms with Crippen molar-refractivity contribution in [3.05, 3.63) is 12.2 Å². The molecule has 24 heavy (non-hydrogen) atoms. The van der Waals surface area contributed by atoms with Crippen LogP contribution in [0.2, 0.25) is 0 Å². The second-order valence-electron chi connectivity index (χ2n) is 6.46. The zero-order valence-electron chi connectivity index (χ0n) is 15.3. The molecule has 0 amide bonds. The van der Waals surface area contributed by atoms with Crippen molar-refractivity contribution < 1.29 is 14.7 Å². The Morgan fingerprint density at radius 1 is 0.708 bits per heavy atom. The Morgan fingerprint density at radius 2 is 1.17 bits per heavy atom. The van der Waals surface area contributed by atoms with E-state index in [1.807, 2.05) is 0 Å². The van der Waals surface area contributed by atoms with E-state index in [9.17, 15) is 9.59 Å². The largest absolute Gasteiger partial charge is 0.480 e. The number of carboxylic acid groups (broad SMARTS) is 1. The number of aldehydes is 1. The Balaban J connectivity index is 3.08. The molecule has 0 saturated heterocycles. The summed E-state index contributed by atoms with van der Waals surface area (Å²) < 4.78 is 0. The maximum absolute atomic E-state index is 10.3. The van der Waals surface area contributed by atoms with Gasteiger partial charge in [-0.15, -0.1) is 0 Å². The molecule has 0 aliphatic carbocycles. The molecule has 0 unspecified atom stereocenters. The van der Waals surface area contributed by atoms with E-state index in [2.05, 4.69) is 17.5 Å². The summed E-state index contributed by atoms with van der Waals surface area (Å²) >= 11 is 0. The van der Waals surface area contributed by atoms with Crippen LogP contribution in [0.5, 0.6) is 0 Å². The second-order valence-corrected chi connectivity index (χ2v) is 6.46. The van der Waals surface area contributed by atoms with Crippen LogP contribution >= 0.6 is 0 Å². The standard InChI is InChI=1S/C20H37NO3/c22-18-16-14-12-10-8-6-4-2-1-3-5-7-9-11-13-15-17-21-19-20(23)24/h1-2,18,21H,3-17,19H2,(H,23,24). The van der Waals surface area contributed by atoms with Crippen LogP contribution in [0.15, 0.2) is 12.2 Å². The van der Waals surface area contributed by atoms with Gasteiger partial charge in [-0.25, -0.2) is 0 Å². The number of hydrogen-bond donors (Lipinski definition) is 2. The van der Waals surface area contributed by atoms with Gasteiger partial charge < -0.3 is 15.2 Å². The molecule has 0 aromatic heterocycles. The number of hydrogen-bond acceptors (Lipinski definition) is 3. The maximum Gasteiger partial charge on any atom is 0.317 e. The molecule has 4 nitrogen and oxygen atoms in total. The minimum absolute atomic E-state index is 0.0759. The number of carbonyl (C=O) groups is 2. The lowest BCUT2D eigenvalue weighted by Crippen LogP contribution is -2.23. The summed E-state index contributed by atoms with van der Waals surface area (Å²) in [4.78, 5) is 20.5. The van der Waals surface area contributed by atoms with E-state index in [0.717, 1.165) is 32.1 Å². The molecule has 0 rings (SSSR count). The average Bonchev–Trinajstić information content (AvgIpc) is 2.56. The fourth-order valence-corrected chi connectivity index (χ4v) is 2.67. The van der Waals surface area contributed by atoms with Crippen molar-refractivity contribution in [2.45, 2.75) is 89.9 Å². The van der Waals surface area contributed by atoms with Gasteiger partial charge in [-0.1, -0.05) is 57.1 Å². The summed E-state index contributed by atoms with van der Waals surface area (Å²) in [6, 6.07) is 0. The van der Waals surface area contributed by atoms with Crippen molar-refractivity contribution in [2.24, 2.45) is 0 Å². The number of unbranched alkanes of at least 4 members (excludes halogenated alkanes) is 12. The molecule has 0 radical (unpaired) electrons. The molecule has 0 spiro atoms. The van der Waals surface area contributed by atoms with E-state index < -0.39 is 5.97 Å². The van der Waals surface area contributed by atoms with E-state index in [4.69, 9.17) is 5.11 Å². The van der Waals surface area contributed by atoms with E-state index >= 15 is 0 Å². The summed E-state index contributed by atoms with van der Waals surface area (Å²) in [5.74, 6) is -0.780. The van der Waals surface area contributed by atoms with Gasteiger partial charge in [-0.05, 0) is 45.1 Å². The van der Waals surface area contributed by atoms with Crippen LogP contribution in [0.3, 0.4) is 0 Å². The first-order valence-electron chi connectivity index (χ1n) is 9.78. The van der Waals surface area contributed by atoms with Crippen molar-refractivity contribution in [2.75, 3.05) is 13.1 Å². The Bertz CT molecular complexity index is 316. The van der Waals surface area contributed by atoms with Crippen LogP contribution in [0, 0.1) is 0 Å². The fraction of sp³-hybridized carbons (Fsp3) is 0.800. The van der Waals surface area contributed by atoms with E-state index in [-0.39, 0.29) is 6.54 Å². The molecule has 0 aromatic carbocycles. The summed E-state index contributed by atoms with van der Waals surface area (Å²) in [5.41, 5.74) is 0. The lowest BCUT2D eigenvalue weighted by Gasteiger charge is -2.02. The molecular formula is C20H37NO3. The number of allylic oxidation sites excluding steroid dienone is 2. The fourth-order valence-electron chi connectivity index (χ4n) is 2.67. The number of rotatable bonds is 19. The van der Waals surface area contributed by atoms with Crippen LogP contribution in [0.4, 0.5) is 0 Å². The Morgan fingerprint density at radius 3 is 1.67 bits per heavy atom. The Kier molecular flexibility index (Phi) is 18.9. The third-order valence-corrected chi connectivity index (χ3v) is 4.11. The van der Waals surface area contributed by atoms with E-state index in [1.165, 1.54) is 70.6 Å². The third kappa shape index (κ3) is 20.8. The van der Waals surface area contributed by atoms with Gasteiger partial charge in [0.2, 0.25) is 0 Å². The topological polar surface area (TPSA) is 66.4 Å². The molecule has 0 aliphatic rings. The predicted octanol–water partition coefficient (Wildman–Crippen LogP) is 4.88. The molecule has 4 heteroatoms. The lowest BCUT2D eigenvalue weighted by molar-refractivity contribution is -0.135. The van der Waals surface area contributed by atoms with Gasteiger partial charge in [0.1, 0.15) is 6.29 Å². The second kappa shape index (κ2) is 19.9. The van der Waals surface area contributed by atoms with Crippen LogP contribution < -0.4 is 5.32 Å². The minimum Gasteiger partial charge on any atom is -0.480 e. The van der Waals surface area contributed by atoms with Crippen molar-refractivity contribution in [3.63, 3.8) is 0 Å². The number of aliphatic carboxylic acids is 1. The summed E-state index contributed by atoms with van der Waals surface area (Å²) in [6.45, 7) is 0.888. The van der Waals surface area contributed by atoms with Crippen LogP contribution in [0.1, 0.15) is 89.9 Å². The van der Waals surface area contributed by atoms with Crippen molar-refractivity contribution in [1.29, 1.82) is 0 Å². The highest BCUT2D eigenvalue weighted by Gasteiger charge is 1.95. The van der Waals surface area contributed by atoms with Crippen molar-refractivity contribution in [3.8, 4) is 0 Å². The first-order valence-corrected chi connectivity index (χ1v) is 9.78. The highest BCUT2D eigenvalue weighted by atomic mass is 16.4. The molecule has 140 valence electrons. The predicted molar refractivity (Wildman–Crippen MR) is 100 cm³/mol. The van der Waals surface area contributed by atoms with Gasteiger partial charge in [0, 0.05) is 6.42 Å². The van der Waals surface area contributed by atoms with Gasteiger partial charge in [0.25, 0.3) is 0 Å². The van der Waals surface area contributed by atoms with E-state index in [1.54, 1.807) is 0 Å². The first kappa shape index (κ1) is 22.8. The summed E-state index contributed by atoms with van der Waals surface area (Å²) in [5, 5.41) is 11.4. The monoisotopic (exact) mass is 339 g/mol. The molecule has 0 saturated carbocycles. The van der Waals surface area contributed by atoms with Crippen molar-refractivity contribution in [1.82, 2.24) is 5.32 Å². The highest BCUT2D eigenvalue weighted by Crippen LogP contribution is 2.09. The molecule has 0 heterocycles. The molecule has 0 atom stereocenters. The molecule has 2 N–H and O–H groups in total. The summed E-state index contributed by atoms with van der Waals surface area (Å²) in [7, 11) is 0. The SMILES string of the molecule is O=CCCCCCCCC=CCCCCCCCCNCC(=O)O. The maximum atomic E-state index is 10.3. The zero-order valence-corrected chi connectivity index (χ0v) is 15.3.